The van der Waals surface area contributed by atoms with Crippen LogP contribution in [0, 0.1) is 5.92 Å². The molecule has 30 heavy (non-hydrogen) atoms. The zero-order valence-corrected chi connectivity index (χ0v) is 17.9. The van der Waals surface area contributed by atoms with Gasteiger partial charge in [0.25, 0.3) is 11.8 Å². The molecule has 2 aromatic carbocycles. The molecule has 0 saturated heterocycles. The van der Waals surface area contributed by atoms with Crippen LogP contribution in [-0.4, -0.2) is 24.5 Å². The summed E-state index contributed by atoms with van der Waals surface area (Å²) in [5.74, 6) is 1.01. The molecule has 0 heterocycles. The minimum absolute atomic E-state index is 0.0500. The molecule has 3 rings (SSSR count). The van der Waals surface area contributed by atoms with E-state index in [-0.39, 0.29) is 17.9 Å². The van der Waals surface area contributed by atoms with Crippen molar-refractivity contribution in [3.05, 3.63) is 59.7 Å². The molecule has 1 aliphatic carbocycles. The van der Waals surface area contributed by atoms with Crippen molar-refractivity contribution in [1.29, 1.82) is 0 Å². The van der Waals surface area contributed by atoms with Crippen LogP contribution in [0.4, 0.5) is 5.69 Å². The van der Waals surface area contributed by atoms with E-state index in [1.807, 2.05) is 12.1 Å². The van der Waals surface area contributed by atoms with Crippen LogP contribution in [0.1, 0.15) is 73.1 Å². The number of hydrogen-bond acceptors (Lipinski definition) is 3. The van der Waals surface area contributed by atoms with Crippen LogP contribution in [0.25, 0.3) is 0 Å². The molecule has 2 amide bonds. The third-order valence-corrected chi connectivity index (χ3v) is 5.41. The van der Waals surface area contributed by atoms with Gasteiger partial charge in [-0.25, -0.2) is 0 Å². The number of hydrogen-bond donors (Lipinski definition) is 2. The second-order valence-corrected chi connectivity index (χ2v) is 8.40. The molecule has 5 heteroatoms. The van der Waals surface area contributed by atoms with Crippen LogP contribution in [0.15, 0.2) is 48.5 Å². The van der Waals surface area contributed by atoms with E-state index in [9.17, 15) is 9.59 Å². The van der Waals surface area contributed by atoms with E-state index in [1.54, 1.807) is 36.4 Å². The fourth-order valence-corrected chi connectivity index (χ4v) is 3.56. The van der Waals surface area contributed by atoms with Crippen molar-refractivity contribution in [3.63, 3.8) is 0 Å². The first kappa shape index (κ1) is 21.9. The average Bonchev–Trinajstić information content (AvgIpc) is 2.75. The summed E-state index contributed by atoms with van der Waals surface area (Å²) in [6, 6.07) is 14.5. The average molecular weight is 409 g/mol. The normalized spacial score (nSPS) is 14.4. The predicted molar refractivity (Wildman–Crippen MR) is 120 cm³/mol. The summed E-state index contributed by atoms with van der Waals surface area (Å²) >= 11 is 0. The van der Waals surface area contributed by atoms with Gasteiger partial charge in [-0.1, -0.05) is 39.2 Å². The highest BCUT2D eigenvalue weighted by Crippen LogP contribution is 2.19. The number of ether oxygens (including phenoxy) is 1. The highest BCUT2D eigenvalue weighted by molar-refractivity contribution is 6.04. The summed E-state index contributed by atoms with van der Waals surface area (Å²) in [4.78, 5) is 25.0. The fourth-order valence-electron chi connectivity index (χ4n) is 3.56. The van der Waals surface area contributed by atoms with Gasteiger partial charge in [0.1, 0.15) is 5.75 Å². The number of amides is 2. The molecule has 0 aliphatic heterocycles. The molecular formula is C25H32N2O3. The van der Waals surface area contributed by atoms with Gasteiger partial charge in [0.05, 0.1) is 6.61 Å². The van der Waals surface area contributed by atoms with Crippen LogP contribution in [0.2, 0.25) is 0 Å². The van der Waals surface area contributed by atoms with E-state index in [2.05, 4.69) is 24.5 Å². The molecule has 0 unspecified atom stereocenters. The van der Waals surface area contributed by atoms with Crippen LogP contribution < -0.4 is 15.4 Å². The molecule has 0 spiro atoms. The van der Waals surface area contributed by atoms with Gasteiger partial charge in [0, 0.05) is 22.9 Å². The van der Waals surface area contributed by atoms with Gasteiger partial charge in [0.15, 0.2) is 0 Å². The lowest BCUT2D eigenvalue weighted by Gasteiger charge is -2.22. The topological polar surface area (TPSA) is 67.4 Å². The van der Waals surface area contributed by atoms with Crippen LogP contribution >= 0.6 is 0 Å². The van der Waals surface area contributed by atoms with Gasteiger partial charge in [0.2, 0.25) is 0 Å². The molecular weight excluding hydrogens is 376 g/mol. The standard InChI is InChI=1S/C25H32N2O3/c1-18(2)15-16-30-23-10-6-7-20(17-23)25(29)27-22-13-11-19(12-14-22)24(28)26-21-8-4-3-5-9-21/h6-7,10-14,17-18,21H,3-5,8-9,15-16H2,1-2H3,(H,26,28)(H,27,29). The largest absolute Gasteiger partial charge is 0.494 e. The molecule has 160 valence electrons. The quantitative estimate of drug-likeness (QED) is 0.612. The van der Waals surface area contributed by atoms with Crippen molar-refractivity contribution in [1.82, 2.24) is 5.32 Å². The lowest BCUT2D eigenvalue weighted by Crippen LogP contribution is -2.36. The second kappa shape index (κ2) is 10.8. The minimum Gasteiger partial charge on any atom is -0.494 e. The number of nitrogens with one attached hydrogen (secondary N) is 2. The first-order valence-electron chi connectivity index (χ1n) is 11.0. The summed E-state index contributed by atoms with van der Waals surface area (Å²) in [6.45, 7) is 4.93. The number of carbonyl (C=O) groups excluding carboxylic acids is 2. The van der Waals surface area contributed by atoms with Crippen LogP contribution in [-0.2, 0) is 0 Å². The SMILES string of the molecule is CC(C)CCOc1cccc(C(=O)Nc2ccc(C(=O)NC3CCCCC3)cc2)c1. The van der Waals surface area contributed by atoms with E-state index in [4.69, 9.17) is 4.74 Å². The molecule has 0 aromatic heterocycles. The lowest BCUT2D eigenvalue weighted by molar-refractivity contribution is 0.0927. The number of carbonyl (C=O) groups is 2. The van der Waals surface area contributed by atoms with Gasteiger partial charge >= 0.3 is 0 Å². The van der Waals surface area contributed by atoms with Crippen LogP contribution in [0.3, 0.4) is 0 Å². The van der Waals surface area contributed by atoms with E-state index in [0.717, 1.165) is 19.3 Å². The Morgan fingerprint density at radius 2 is 1.70 bits per heavy atom. The number of rotatable bonds is 8. The minimum atomic E-state index is -0.205. The van der Waals surface area contributed by atoms with E-state index in [1.165, 1.54) is 19.3 Å². The highest BCUT2D eigenvalue weighted by Gasteiger charge is 2.16. The predicted octanol–water partition coefficient (Wildman–Crippen LogP) is 5.43. The summed E-state index contributed by atoms with van der Waals surface area (Å²) in [5.41, 5.74) is 1.80. The third-order valence-electron chi connectivity index (χ3n) is 5.41. The van der Waals surface area contributed by atoms with Gasteiger partial charge in [-0.15, -0.1) is 0 Å². The van der Waals surface area contributed by atoms with E-state index >= 15 is 0 Å². The maximum Gasteiger partial charge on any atom is 0.255 e. The molecule has 1 fully saturated rings. The summed E-state index contributed by atoms with van der Waals surface area (Å²) in [7, 11) is 0. The Morgan fingerprint density at radius 1 is 0.967 bits per heavy atom. The van der Waals surface area contributed by atoms with Crippen molar-refractivity contribution in [2.45, 2.75) is 58.4 Å². The molecule has 2 N–H and O–H groups in total. The number of anilines is 1. The van der Waals surface area contributed by atoms with Crippen LogP contribution in [0.5, 0.6) is 5.75 Å². The van der Waals surface area contributed by atoms with Crippen molar-refractivity contribution in [3.8, 4) is 5.75 Å². The van der Waals surface area contributed by atoms with Crippen molar-refractivity contribution in [2.75, 3.05) is 11.9 Å². The molecule has 1 aliphatic rings. The Balaban J connectivity index is 1.54. The Bertz CT molecular complexity index is 840. The zero-order valence-electron chi connectivity index (χ0n) is 17.9. The van der Waals surface area contributed by atoms with Gasteiger partial charge in [-0.3, -0.25) is 9.59 Å². The zero-order chi connectivity index (χ0) is 21.3. The second-order valence-electron chi connectivity index (χ2n) is 8.40. The van der Waals surface area contributed by atoms with Crippen molar-refractivity contribution >= 4 is 17.5 Å². The van der Waals surface area contributed by atoms with Gasteiger partial charge in [-0.2, -0.15) is 0 Å². The van der Waals surface area contributed by atoms with E-state index in [0.29, 0.717) is 35.1 Å². The highest BCUT2D eigenvalue weighted by atomic mass is 16.5. The first-order valence-corrected chi connectivity index (χ1v) is 11.0. The van der Waals surface area contributed by atoms with Gasteiger partial charge in [-0.05, 0) is 67.6 Å². The maximum atomic E-state index is 12.6. The molecule has 0 radical (unpaired) electrons. The number of benzene rings is 2. The Kier molecular flexibility index (Phi) is 7.89. The molecule has 5 nitrogen and oxygen atoms in total. The molecule has 0 atom stereocenters. The summed E-state index contributed by atoms with van der Waals surface area (Å²) in [6.07, 6.45) is 6.70. The van der Waals surface area contributed by atoms with Crippen molar-refractivity contribution < 1.29 is 14.3 Å². The fraction of sp³-hybridized carbons (Fsp3) is 0.440. The van der Waals surface area contributed by atoms with E-state index < -0.39 is 0 Å². The third kappa shape index (κ3) is 6.61. The molecule has 1 saturated carbocycles. The Hall–Kier alpha value is -2.82. The summed E-state index contributed by atoms with van der Waals surface area (Å²) < 4.78 is 5.74. The summed E-state index contributed by atoms with van der Waals surface area (Å²) in [5, 5.41) is 5.99. The monoisotopic (exact) mass is 408 g/mol. The smallest absolute Gasteiger partial charge is 0.255 e. The molecule has 0 bridgehead atoms. The first-order chi connectivity index (χ1) is 14.5. The maximum absolute atomic E-state index is 12.6. The van der Waals surface area contributed by atoms with Crippen molar-refractivity contribution in [2.24, 2.45) is 5.92 Å². The Morgan fingerprint density at radius 3 is 2.40 bits per heavy atom. The lowest BCUT2D eigenvalue weighted by atomic mass is 9.95. The van der Waals surface area contributed by atoms with Gasteiger partial charge < -0.3 is 15.4 Å². The molecule has 2 aromatic rings. The Labute approximate surface area is 179 Å².